The smallest absolute Gasteiger partial charge is 0.0585 e. The van der Waals surface area contributed by atoms with Gasteiger partial charge in [-0.05, 0) is 31.4 Å². The van der Waals surface area contributed by atoms with Gasteiger partial charge < -0.3 is 0 Å². The van der Waals surface area contributed by atoms with E-state index in [1.165, 1.54) is 5.56 Å². The molecule has 0 amide bonds. The number of aryl methyl sites for hydroxylation is 1. The third-order valence-corrected chi connectivity index (χ3v) is 2.29. The molecule has 17 heavy (non-hydrogen) atoms. The van der Waals surface area contributed by atoms with E-state index in [4.69, 9.17) is 0 Å². The van der Waals surface area contributed by atoms with E-state index in [9.17, 15) is 0 Å². The highest BCUT2D eigenvalue weighted by Gasteiger charge is 1.89. The van der Waals surface area contributed by atoms with Gasteiger partial charge in [0.25, 0.3) is 0 Å². The minimum atomic E-state index is 0. The van der Waals surface area contributed by atoms with Gasteiger partial charge in [-0.2, -0.15) is 0 Å². The lowest BCUT2D eigenvalue weighted by Gasteiger charge is -1.96. The van der Waals surface area contributed by atoms with Crippen molar-refractivity contribution in [2.75, 3.05) is 13.1 Å². The monoisotopic (exact) mass is 232 g/mol. The number of aliphatic imine (C=N–C) groups is 2. The summed E-state index contributed by atoms with van der Waals surface area (Å²) in [7, 11) is 0. The lowest BCUT2D eigenvalue weighted by molar-refractivity contribution is 0.977. The van der Waals surface area contributed by atoms with Crippen molar-refractivity contribution in [1.29, 1.82) is 0 Å². The highest BCUT2D eigenvalue weighted by atomic mass is 14.8. The third-order valence-electron chi connectivity index (χ3n) is 2.29. The molecule has 0 spiro atoms. The third kappa shape index (κ3) is 6.67. The van der Waals surface area contributed by atoms with Crippen molar-refractivity contribution < 1.29 is 0 Å². The molecule has 1 aromatic carbocycles. The maximum Gasteiger partial charge on any atom is 0.0585 e. The minimum Gasteiger partial charge on any atom is -0.293 e. The van der Waals surface area contributed by atoms with Crippen LogP contribution in [0.4, 0.5) is 0 Å². The lowest BCUT2D eigenvalue weighted by atomic mass is 10.1. The molecule has 0 unspecified atom stereocenters. The normalized spacial score (nSPS) is 10.1. The highest BCUT2D eigenvalue weighted by Crippen LogP contribution is 2.02. The van der Waals surface area contributed by atoms with Crippen molar-refractivity contribution in [2.45, 2.75) is 34.6 Å². The highest BCUT2D eigenvalue weighted by molar-refractivity contribution is 5.80. The van der Waals surface area contributed by atoms with Crippen LogP contribution in [0.2, 0.25) is 0 Å². The second-order valence-electron chi connectivity index (χ2n) is 3.96. The predicted molar refractivity (Wildman–Crippen MR) is 78.7 cm³/mol. The Kier molecular flexibility index (Phi) is 7.95. The number of rotatable bonds is 5. The van der Waals surface area contributed by atoms with Gasteiger partial charge in [-0.1, -0.05) is 38.6 Å². The van der Waals surface area contributed by atoms with Crippen LogP contribution in [-0.2, 0) is 6.42 Å². The van der Waals surface area contributed by atoms with E-state index in [-0.39, 0.29) is 7.43 Å². The molecule has 94 valence electrons. The summed E-state index contributed by atoms with van der Waals surface area (Å²) in [6.07, 6.45) is 3.00. The van der Waals surface area contributed by atoms with Gasteiger partial charge in [-0.25, -0.2) is 0 Å². The molecule has 0 aliphatic heterocycles. The number of hydrogen-bond donors (Lipinski definition) is 0. The van der Waals surface area contributed by atoms with Crippen LogP contribution in [0.3, 0.4) is 0 Å². The van der Waals surface area contributed by atoms with Crippen LogP contribution in [0.5, 0.6) is 0 Å². The molecule has 2 heteroatoms. The number of hydrogen-bond acceptors (Lipinski definition) is 2. The van der Waals surface area contributed by atoms with Crippen molar-refractivity contribution in [3.63, 3.8) is 0 Å². The Hall–Kier alpha value is -1.44. The fourth-order valence-corrected chi connectivity index (χ4v) is 1.34. The first-order chi connectivity index (χ1) is 7.72. The molecule has 0 aliphatic rings. The van der Waals surface area contributed by atoms with Crippen LogP contribution in [0.25, 0.3) is 0 Å². The average Bonchev–Trinajstić information content (AvgIpc) is 2.29. The van der Waals surface area contributed by atoms with Crippen LogP contribution >= 0.6 is 0 Å². The zero-order valence-electron chi connectivity index (χ0n) is 10.4. The van der Waals surface area contributed by atoms with Crippen molar-refractivity contribution in [1.82, 2.24) is 0 Å². The molecule has 2 nitrogen and oxygen atoms in total. The molecule has 0 aliphatic carbocycles. The Bertz CT molecular complexity index is 357. The SMILES string of the molecule is C.CCc1ccc(C=NCCN=C(C)C)cc1. The molecule has 0 saturated heterocycles. The second-order valence-corrected chi connectivity index (χ2v) is 3.96. The number of benzene rings is 1. The molecule has 0 heterocycles. The van der Waals surface area contributed by atoms with Gasteiger partial charge in [0.2, 0.25) is 0 Å². The minimum absolute atomic E-state index is 0. The summed E-state index contributed by atoms with van der Waals surface area (Å²) in [4.78, 5) is 8.62. The summed E-state index contributed by atoms with van der Waals surface area (Å²) in [6, 6.07) is 8.51. The Balaban J connectivity index is 0.00000256. The Morgan fingerprint density at radius 3 is 2.29 bits per heavy atom. The van der Waals surface area contributed by atoms with Gasteiger partial charge in [0.1, 0.15) is 0 Å². The molecular weight excluding hydrogens is 208 g/mol. The van der Waals surface area contributed by atoms with Crippen LogP contribution in [0.15, 0.2) is 34.3 Å². The van der Waals surface area contributed by atoms with Crippen LogP contribution in [0.1, 0.15) is 39.3 Å². The summed E-state index contributed by atoms with van der Waals surface area (Å²) < 4.78 is 0. The zero-order chi connectivity index (χ0) is 11.8. The quantitative estimate of drug-likeness (QED) is 0.545. The second kappa shape index (κ2) is 8.68. The standard InChI is InChI=1S/C14H20N2.CH4/c1-4-13-5-7-14(8-6-13)11-15-9-10-16-12(2)3;/h5-8,11H,4,9-10H2,1-3H3;1H4. The maximum atomic E-state index is 4.34. The van der Waals surface area contributed by atoms with Crippen LogP contribution < -0.4 is 0 Å². The van der Waals surface area contributed by atoms with Gasteiger partial charge in [0.05, 0.1) is 13.1 Å². The summed E-state index contributed by atoms with van der Waals surface area (Å²) in [5, 5.41) is 0. The van der Waals surface area contributed by atoms with E-state index >= 15 is 0 Å². The van der Waals surface area contributed by atoms with E-state index in [2.05, 4.69) is 41.2 Å². The van der Waals surface area contributed by atoms with Gasteiger partial charge in [-0.15, -0.1) is 0 Å². The van der Waals surface area contributed by atoms with Crippen molar-refractivity contribution >= 4 is 11.9 Å². The van der Waals surface area contributed by atoms with E-state index in [1.807, 2.05) is 20.1 Å². The molecule has 0 N–H and O–H groups in total. The van der Waals surface area contributed by atoms with Gasteiger partial charge in [0, 0.05) is 11.9 Å². The first-order valence-corrected chi connectivity index (χ1v) is 5.78. The van der Waals surface area contributed by atoms with E-state index in [0.29, 0.717) is 0 Å². The van der Waals surface area contributed by atoms with Crippen molar-refractivity contribution in [2.24, 2.45) is 9.98 Å². The molecule has 1 rings (SSSR count). The lowest BCUT2D eigenvalue weighted by Crippen LogP contribution is -1.92. The summed E-state index contributed by atoms with van der Waals surface area (Å²) in [5.41, 5.74) is 3.64. The van der Waals surface area contributed by atoms with Gasteiger partial charge >= 0.3 is 0 Å². The Morgan fingerprint density at radius 2 is 1.76 bits per heavy atom. The summed E-state index contributed by atoms with van der Waals surface area (Å²) in [5.74, 6) is 0. The van der Waals surface area contributed by atoms with E-state index in [0.717, 1.165) is 30.8 Å². The molecule has 0 aromatic heterocycles. The fourth-order valence-electron chi connectivity index (χ4n) is 1.34. The van der Waals surface area contributed by atoms with Crippen molar-refractivity contribution in [3.8, 4) is 0 Å². The maximum absolute atomic E-state index is 4.34. The molecule has 0 radical (unpaired) electrons. The average molecular weight is 232 g/mol. The topological polar surface area (TPSA) is 24.7 Å². The van der Waals surface area contributed by atoms with E-state index in [1.54, 1.807) is 0 Å². The van der Waals surface area contributed by atoms with E-state index < -0.39 is 0 Å². The molecule has 0 saturated carbocycles. The largest absolute Gasteiger partial charge is 0.293 e. The van der Waals surface area contributed by atoms with Crippen molar-refractivity contribution in [3.05, 3.63) is 35.4 Å². The Labute approximate surface area is 106 Å². The first-order valence-electron chi connectivity index (χ1n) is 5.78. The molecule has 0 fully saturated rings. The summed E-state index contributed by atoms with van der Waals surface area (Å²) >= 11 is 0. The van der Waals surface area contributed by atoms with Crippen LogP contribution in [0, 0.1) is 0 Å². The van der Waals surface area contributed by atoms with Gasteiger partial charge in [-0.3, -0.25) is 9.98 Å². The van der Waals surface area contributed by atoms with Crippen LogP contribution in [-0.4, -0.2) is 25.0 Å². The molecular formula is C15H24N2. The number of nitrogens with zero attached hydrogens (tertiary/aromatic N) is 2. The molecule has 0 bridgehead atoms. The van der Waals surface area contributed by atoms with Gasteiger partial charge in [0.15, 0.2) is 0 Å². The molecule has 1 aromatic rings. The zero-order valence-corrected chi connectivity index (χ0v) is 10.4. The Morgan fingerprint density at radius 1 is 1.12 bits per heavy atom. The fraction of sp³-hybridized carbons (Fsp3) is 0.467. The first kappa shape index (κ1) is 15.6. The predicted octanol–water partition coefficient (Wildman–Crippen LogP) is 3.78. The molecule has 0 atom stereocenters. The summed E-state index contributed by atoms with van der Waals surface area (Å²) in [6.45, 7) is 7.72.